The van der Waals surface area contributed by atoms with Crippen LogP contribution < -0.4 is 10.6 Å². The van der Waals surface area contributed by atoms with E-state index in [9.17, 15) is 0 Å². The first-order chi connectivity index (χ1) is 9.11. The highest BCUT2D eigenvalue weighted by Crippen LogP contribution is 2.11. The zero-order valence-electron chi connectivity index (χ0n) is 12.5. The Balaban J connectivity index is 2.22. The quantitative estimate of drug-likeness (QED) is 0.459. The fraction of sp³-hybridized carbons (Fsp3) is 0.714. The molecule has 2 N–H and O–H groups in total. The molecule has 1 aromatic rings. The lowest BCUT2D eigenvalue weighted by Gasteiger charge is -2.13. The summed E-state index contributed by atoms with van der Waals surface area (Å²) in [7, 11) is 0. The van der Waals surface area contributed by atoms with Crippen molar-refractivity contribution in [3.05, 3.63) is 16.1 Å². The third-order valence-electron chi connectivity index (χ3n) is 2.50. The second kappa shape index (κ2) is 8.91. The molecule has 0 spiro atoms. The van der Waals surface area contributed by atoms with E-state index in [1.165, 1.54) is 5.01 Å². The van der Waals surface area contributed by atoms with Gasteiger partial charge in [0.25, 0.3) is 0 Å². The molecule has 0 unspecified atom stereocenters. The van der Waals surface area contributed by atoms with Gasteiger partial charge in [-0.15, -0.1) is 11.3 Å². The molecule has 5 heteroatoms. The zero-order chi connectivity index (χ0) is 14.1. The number of guanidine groups is 1. The van der Waals surface area contributed by atoms with Gasteiger partial charge >= 0.3 is 0 Å². The van der Waals surface area contributed by atoms with Crippen LogP contribution in [0.5, 0.6) is 0 Å². The van der Waals surface area contributed by atoms with Crippen LogP contribution in [-0.2, 0) is 6.42 Å². The summed E-state index contributed by atoms with van der Waals surface area (Å²) < 4.78 is 0. The molecule has 0 bridgehead atoms. The fourth-order valence-corrected chi connectivity index (χ4v) is 2.51. The summed E-state index contributed by atoms with van der Waals surface area (Å²) >= 11 is 1.76. The number of hydrogen-bond donors (Lipinski definition) is 2. The van der Waals surface area contributed by atoms with Gasteiger partial charge in [-0.1, -0.05) is 0 Å². The minimum Gasteiger partial charge on any atom is -0.357 e. The summed E-state index contributed by atoms with van der Waals surface area (Å²) in [5.74, 6) is 0.919. The molecule has 1 aromatic heterocycles. The van der Waals surface area contributed by atoms with E-state index in [-0.39, 0.29) is 0 Å². The van der Waals surface area contributed by atoms with Crippen LogP contribution in [0.25, 0.3) is 0 Å². The van der Waals surface area contributed by atoms with Crippen molar-refractivity contribution in [1.82, 2.24) is 15.6 Å². The van der Waals surface area contributed by atoms with E-state index in [1.54, 1.807) is 11.3 Å². The molecule has 19 heavy (non-hydrogen) atoms. The number of nitrogens with one attached hydrogen (secondary N) is 2. The van der Waals surface area contributed by atoms with E-state index in [0.29, 0.717) is 6.04 Å². The third kappa shape index (κ3) is 7.15. The molecule has 0 fully saturated rings. The number of aryl methyl sites for hydroxylation is 2. The van der Waals surface area contributed by atoms with Gasteiger partial charge in [-0.25, -0.2) is 4.98 Å². The second-order valence-electron chi connectivity index (χ2n) is 4.90. The molecule has 0 aliphatic rings. The van der Waals surface area contributed by atoms with Crippen LogP contribution in [0.1, 0.15) is 44.3 Å². The lowest BCUT2D eigenvalue weighted by Crippen LogP contribution is -2.41. The number of unbranched alkanes of at least 4 members (excludes halogenated alkanes) is 1. The standard InChI is InChI=1S/C14H26N4S/c1-5-15-14(17-11(2)3)16-9-7-6-8-13-18-12(4)10-19-13/h10-11H,5-9H2,1-4H3,(H2,15,16,17). The summed E-state index contributed by atoms with van der Waals surface area (Å²) in [5.41, 5.74) is 1.13. The molecule has 108 valence electrons. The highest BCUT2D eigenvalue weighted by Gasteiger charge is 2.00. The molecule has 0 radical (unpaired) electrons. The van der Waals surface area contributed by atoms with Crippen molar-refractivity contribution in [2.24, 2.45) is 4.99 Å². The molecule has 0 saturated heterocycles. The monoisotopic (exact) mass is 282 g/mol. The average molecular weight is 282 g/mol. The van der Waals surface area contributed by atoms with Crippen molar-refractivity contribution in [3.63, 3.8) is 0 Å². The zero-order valence-corrected chi connectivity index (χ0v) is 13.3. The van der Waals surface area contributed by atoms with Gasteiger partial charge in [0.1, 0.15) is 0 Å². The number of aliphatic imine (C=N–C) groups is 1. The van der Waals surface area contributed by atoms with Gasteiger partial charge in [-0.2, -0.15) is 0 Å². The molecule has 0 aromatic carbocycles. The molecular formula is C14H26N4S. The first-order valence-corrected chi connectivity index (χ1v) is 7.95. The largest absolute Gasteiger partial charge is 0.357 e. The van der Waals surface area contributed by atoms with Crippen molar-refractivity contribution < 1.29 is 0 Å². The summed E-state index contributed by atoms with van der Waals surface area (Å²) in [6, 6.07) is 0.413. The molecule has 0 aliphatic carbocycles. The van der Waals surface area contributed by atoms with E-state index < -0.39 is 0 Å². The summed E-state index contributed by atoms with van der Waals surface area (Å²) in [5, 5.41) is 9.93. The number of aromatic nitrogens is 1. The van der Waals surface area contributed by atoms with E-state index in [4.69, 9.17) is 0 Å². The van der Waals surface area contributed by atoms with Gasteiger partial charge in [-0.05, 0) is 47.0 Å². The predicted molar refractivity (Wildman–Crippen MR) is 84.0 cm³/mol. The summed E-state index contributed by atoms with van der Waals surface area (Å²) in [6.07, 6.45) is 3.33. The topological polar surface area (TPSA) is 49.3 Å². The van der Waals surface area contributed by atoms with Crippen molar-refractivity contribution >= 4 is 17.3 Å². The predicted octanol–water partition coefficient (Wildman–Crippen LogP) is 2.74. The molecule has 1 heterocycles. The van der Waals surface area contributed by atoms with Crippen LogP contribution in [0.4, 0.5) is 0 Å². The van der Waals surface area contributed by atoms with E-state index in [2.05, 4.69) is 46.8 Å². The Labute approximate surface area is 120 Å². The van der Waals surface area contributed by atoms with Crippen LogP contribution >= 0.6 is 11.3 Å². The van der Waals surface area contributed by atoms with Crippen LogP contribution in [0.2, 0.25) is 0 Å². The van der Waals surface area contributed by atoms with Gasteiger partial charge in [0, 0.05) is 30.2 Å². The summed E-state index contributed by atoms with van der Waals surface area (Å²) in [4.78, 5) is 9.04. The van der Waals surface area contributed by atoms with Crippen molar-refractivity contribution in [2.45, 2.75) is 53.0 Å². The molecular weight excluding hydrogens is 256 g/mol. The molecule has 0 aliphatic heterocycles. The SMILES string of the molecule is CCNC(=NCCCCc1nc(C)cs1)NC(C)C. The molecule has 1 rings (SSSR count). The minimum absolute atomic E-state index is 0.413. The maximum atomic E-state index is 4.57. The Morgan fingerprint density at radius 2 is 2.21 bits per heavy atom. The molecule has 0 amide bonds. The highest BCUT2D eigenvalue weighted by atomic mass is 32.1. The van der Waals surface area contributed by atoms with Crippen molar-refractivity contribution in [1.29, 1.82) is 0 Å². The smallest absolute Gasteiger partial charge is 0.191 e. The van der Waals surface area contributed by atoms with Crippen LogP contribution in [0.3, 0.4) is 0 Å². The summed E-state index contributed by atoms with van der Waals surface area (Å²) in [6.45, 7) is 10.1. The first kappa shape index (κ1) is 16.0. The number of nitrogens with zero attached hydrogens (tertiary/aromatic N) is 2. The lowest BCUT2D eigenvalue weighted by atomic mass is 10.2. The maximum absolute atomic E-state index is 4.57. The Morgan fingerprint density at radius 3 is 2.79 bits per heavy atom. The van der Waals surface area contributed by atoms with Gasteiger partial charge in [0.2, 0.25) is 0 Å². The van der Waals surface area contributed by atoms with Crippen LogP contribution in [0, 0.1) is 6.92 Å². The third-order valence-corrected chi connectivity index (χ3v) is 3.53. The normalized spacial score (nSPS) is 11.9. The van der Waals surface area contributed by atoms with Crippen molar-refractivity contribution in [3.8, 4) is 0 Å². The highest BCUT2D eigenvalue weighted by molar-refractivity contribution is 7.09. The van der Waals surface area contributed by atoms with Gasteiger partial charge in [-0.3, -0.25) is 4.99 Å². The average Bonchev–Trinajstić information content (AvgIpc) is 2.74. The Morgan fingerprint density at radius 1 is 1.42 bits per heavy atom. The Bertz CT molecular complexity index is 385. The van der Waals surface area contributed by atoms with Gasteiger partial charge in [0.15, 0.2) is 5.96 Å². The van der Waals surface area contributed by atoms with Crippen molar-refractivity contribution in [2.75, 3.05) is 13.1 Å². The van der Waals surface area contributed by atoms with Gasteiger partial charge < -0.3 is 10.6 Å². The minimum atomic E-state index is 0.413. The Kier molecular flexibility index (Phi) is 7.48. The second-order valence-corrected chi connectivity index (χ2v) is 5.84. The maximum Gasteiger partial charge on any atom is 0.191 e. The number of rotatable bonds is 7. The van der Waals surface area contributed by atoms with E-state index in [0.717, 1.165) is 44.0 Å². The molecule has 0 saturated carbocycles. The first-order valence-electron chi connectivity index (χ1n) is 7.07. The number of hydrogen-bond acceptors (Lipinski definition) is 3. The van der Waals surface area contributed by atoms with Crippen LogP contribution in [-0.4, -0.2) is 30.1 Å². The molecule has 0 atom stereocenters. The van der Waals surface area contributed by atoms with E-state index >= 15 is 0 Å². The van der Waals surface area contributed by atoms with E-state index in [1.807, 2.05) is 6.92 Å². The lowest BCUT2D eigenvalue weighted by molar-refractivity contribution is 0.689. The fourth-order valence-electron chi connectivity index (χ4n) is 1.69. The number of thiazole rings is 1. The van der Waals surface area contributed by atoms with Gasteiger partial charge in [0.05, 0.1) is 5.01 Å². The van der Waals surface area contributed by atoms with Crippen LogP contribution in [0.15, 0.2) is 10.4 Å². The Hall–Kier alpha value is -1.10. The molecule has 4 nitrogen and oxygen atoms in total.